The first-order valence-corrected chi connectivity index (χ1v) is 5.97. The van der Waals surface area contributed by atoms with Crippen molar-refractivity contribution in [1.29, 1.82) is 0 Å². The average molecular weight is 229 g/mol. The molecule has 1 heterocycles. The van der Waals surface area contributed by atoms with Crippen LogP contribution >= 0.6 is 0 Å². The van der Waals surface area contributed by atoms with E-state index in [0.29, 0.717) is 6.54 Å². The van der Waals surface area contributed by atoms with Crippen molar-refractivity contribution in [3.8, 4) is 0 Å². The maximum Gasteiger partial charge on any atom is 0.105 e. The van der Waals surface area contributed by atoms with Gasteiger partial charge in [0.15, 0.2) is 0 Å². The van der Waals surface area contributed by atoms with Crippen LogP contribution in [0.1, 0.15) is 22.8 Å². The summed E-state index contributed by atoms with van der Waals surface area (Å²) in [5.74, 6) is 1.04. The molecule has 1 aromatic carbocycles. The number of aromatic nitrogens is 2. The van der Waals surface area contributed by atoms with E-state index >= 15 is 0 Å². The lowest BCUT2D eigenvalue weighted by Gasteiger charge is -2.03. The van der Waals surface area contributed by atoms with Gasteiger partial charge in [-0.2, -0.15) is 0 Å². The highest BCUT2D eigenvalue weighted by Crippen LogP contribution is 2.12. The highest BCUT2D eigenvalue weighted by Gasteiger charge is 2.10. The van der Waals surface area contributed by atoms with Gasteiger partial charge < -0.3 is 10.3 Å². The largest absolute Gasteiger partial charge is 0.334 e. The smallest absolute Gasteiger partial charge is 0.105 e. The van der Waals surface area contributed by atoms with Gasteiger partial charge in [0.1, 0.15) is 5.82 Å². The molecule has 0 spiro atoms. The Morgan fingerprint density at radius 3 is 2.53 bits per heavy atom. The molecular formula is C14H19N3. The van der Waals surface area contributed by atoms with Crippen LogP contribution in [0, 0.1) is 6.92 Å². The molecule has 0 saturated heterocycles. The minimum Gasteiger partial charge on any atom is -0.334 e. The Balaban J connectivity index is 2.12. The molecule has 17 heavy (non-hydrogen) atoms. The minimum absolute atomic E-state index is 0.557. The fourth-order valence-electron chi connectivity index (χ4n) is 2.09. The van der Waals surface area contributed by atoms with Crippen LogP contribution < -0.4 is 5.73 Å². The molecule has 0 saturated carbocycles. The van der Waals surface area contributed by atoms with Crippen molar-refractivity contribution in [3.05, 3.63) is 53.1 Å². The first-order chi connectivity index (χ1) is 8.22. The minimum atomic E-state index is 0.557. The summed E-state index contributed by atoms with van der Waals surface area (Å²) in [5, 5.41) is 0. The van der Waals surface area contributed by atoms with Gasteiger partial charge in [-0.05, 0) is 25.3 Å². The lowest BCUT2D eigenvalue weighted by atomic mass is 10.1. The third kappa shape index (κ3) is 2.56. The molecule has 0 bridgehead atoms. The Morgan fingerprint density at radius 1 is 1.18 bits per heavy atom. The Labute approximate surface area is 102 Å². The average Bonchev–Trinajstić information content (AvgIpc) is 2.63. The number of benzene rings is 1. The van der Waals surface area contributed by atoms with Crippen molar-refractivity contribution in [2.75, 3.05) is 0 Å². The van der Waals surface area contributed by atoms with E-state index in [1.54, 1.807) is 0 Å². The van der Waals surface area contributed by atoms with Gasteiger partial charge in [0.2, 0.25) is 0 Å². The van der Waals surface area contributed by atoms with Crippen LogP contribution in [0.5, 0.6) is 0 Å². The van der Waals surface area contributed by atoms with Crippen molar-refractivity contribution in [3.63, 3.8) is 0 Å². The molecule has 0 aliphatic heterocycles. The van der Waals surface area contributed by atoms with Crippen LogP contribution in [0.3, 0.4) is 0 Å². The van der Waals surface area contributed by atoms with Crippen molar-refractivity contribution in [2.45, 2.75) is 26.3 Å². The maximum atomic E-state index is 5.77. The molecule has 0 aliphatic rings. The molecule has 3 nitrogen and oxygen atoms in total. The lowest BCUT2D eigenvalue weighted by molar-refractivity contribution is 0.779. The van der Waals surface area contributed by atoms with Crippen LogP contribution in [0.25, 0.3) is 0 Å². The van der Waals surface area contributed by atoms with Gasteiger partial charge in [-0.25, -0.2) is 4.98 Å². The number of aryl methyl sites for hydroxylation is 3. The van der Waals surface area contributed by atoms with Crippen molar-refractivity contribution in [2.24, 2.45) is 12.8 Å². The number of imidazole rings is 1. The zero-order valence-corrected chi connectivity index (χ0v) is 10.5. The summed E-state index contributed by atoms with van der Waals surface area (Å²) in [6.07, 6.45) is 1.97. The van der Waals surface area contributed by atoms with E-state index in [2.05, 4.69) is 33.8 Å². The Morgan fingerprint density at radius 2 is 1.88 bits per heavy atom. The second kappa shape index (κ2) is 5.15. The zero-order chi connectivity index (χ0) is 12.3. The van der Waals surface area contributed by atoms with E-state index in [4.69, 9.17) is 5.73 Å². The third-order valence-electron chi connectivity index (χ3n) is 3.21. The Kier molecular flexibility index (Phi) is 3.59. The van der Waals surface area contributed by atoms with Crippen LogP contribution in [0.2, 0.25) is 0 Å². The van der Waals surface area contributed by atoms with Gasteiger partial charge in [-0.1, -0.05) is 30.3 Å². The molecule has 0 fully saturated rings. The molecule has 2 rings (SSSR count). The zero-order valence-electron chi connectivity index (χ0n) is 10.5. The predicted octanol–water partition coefficient (Wildman–Crippen LogP) is 1.97. The fourth-order valence-corrected chi connectivity index (χ4v) is 2.09. The number of nitrogens with zero attached hydrogens (tertiary/aromatic N) is 2. The molecular weight excluding hydrogens is 210 g/mol. The molecule has 3 heteroatoms. The second-order valence-electron chi connectivity index (χ2n) is 4.30. The first-order valence-electron chi connectivity index (χ1n) is 5.97. The summed E-state index contributed by atoms with van der Waals surface area (Å²) in [7, 11) is 2.02. The van der Waals surface area contributed by atoms with Gasteiger partial charge >= 0.3 is 0 Å². The van der Waals surface area contributed by atoms with Gasteiger partial charge in [-0.15, -0.1) is 0 Å². The molecule has 90 valence electrons. The van der Waals surface area contributed by atoms with Gasteiger partial charge in [0, 0.05) is 13.6 Å². The highest BCUT2D eigenvalue weighted by atomic mass is 15.1. The lowest BCUT2D eigenvalue weighted by Crippen LogP contribution is -2.07. The molecule has 2 aromatic rings. The quantitative estimate of drug-likeness (QED) is 0.871. The van der Waals surface area contributed by atoms with E-state index in [-0.39, 0.29) is 0 Å². The maximum absolute atomic E-state index is 5.77. The summed E-state index contributed by atoms with van der Waals surface area (Å²) >= 11 is 0. The summed E-state index contributed by atoms with van der Waals surface area (Å²) in [6.45, 7) is 2.58. The van der Waals surface area contributed by atoms with Crippen molar-refractivity contribution in [1.82, 2.24) is 9.55 Å². The topological polar surface area (TPSA) is 43.8 Å². The summed E-state index contributed by atoms with van der Waals surface area (Å²) in [6, 6.07) is 10.5. The Bertz CT molecular complexity index is 486. The number of rotatable bonds is 4. The van der Waals surface area contributed by atoms with Crippen molar-refractivity contribution >= 4 is 0 Å². The monoisotopic (exact) mass is 229 g/mol. The van der Waals surface area contributed by atoms with Crippen molar-refractivity contribution < 1.29 is 0 Å². The van der Waals surface area contributed by atoms with E-state index in [0.717, 1.165) is 30.1 Å². The van der Waals surface area contributed by atoms with E-state index in [1.807, 2.05) is 20.0 Å². The van der Waals surface area contributed by atoms with E-state index in [1.165, 1.54) is 5.56 Å². The van der Waals surface area contributed by atoms with Gasteiger partial charge in [0.25, 0.3) is 0 Å². The number of nitrogens with two attached hydrogens (primary N) is 1. The molecule has 0 unspecified atom stereocenters. The van der Waals surface area contributed by atoms with E-state index < -0.39 is 0 Å². The number of hydrogen-bond acceptors (Lipinski definition) is 2. The predicted molar refractivity (Wildman–Crippen MR) is 69.7 cm³/mol. The second-order valence-corrected chi connectivity index (χ2v) is 4.30. The van der Waals surface area contributed by atoms with Gasteiger partial charge in [0.05, 0.1) is 11.4 Å². The first kappa shape index (κ1) is 11.9. The normalized spacial score (nSPS) is 10.8. The molecule has 0 amide bonds. The highest BCUT2D eigenvalue weighted by molar-refractivity contribution is 5.20. The summed E-state index contributed by atoms with van der Waals surface area (Å²) in [4.78, 5) is 4.58. The molecule has 0 atom stereocenters. The van der Waals surface area contributed by atoms with Crippen LogP contribution in [-0.2, 0) is 26.4 Å². The molecule has 0 radical (unpaired) electrons. The standard InChI is InChI=1S/C14H19N3/c1-11-16-13(14(10-15)17(11)2)9-8-12-6-4-3-5-7-12/h3-7H,8-10,15H2,1-2H3. The van der Waals surface area contributed by atoms with Gasteiger partial charge in [-0.3, -0.25) is 0 Å². The number of hydrogen-bond donors (Lipinski definition) is 1. The van der Waals surface area contributed by atoms with Crippen LogP contribution in [0.4, 0.5) is 0 Å². The van der Waals surface area contributed by atoms with E-state index in [9.17, 15) is 0 Å². The molecule has 0 aliphatic carbocycles. The fraction of sp³-hybridized carbons (Fsp3) is 0.357. The summed E-state index contributed by atoms with van der Waals surface area (Å²) < 4.78 is 2.08. The third-order valence-corrected chi connectivity index (χ3v) is 3.21. The molecule has 2 N–H and O–H groups in total. The van der Waals surface area contributed by atoms with Crippen LogP contribution in [-0.4, -0.2) is 9.55 Å². The Hall–Kier alpha value is -1.61. The van der Waals surface area contributed by atoms with Crippen LogP contribution in [0.15, 0.2) is 30.3 Å². The SMILES string of the molecule is Cc1nc(CCc2ccccc2)c(CN)n1C. The molecule has 1 aromatic heterocycles. The summed E-state index contributed by atoms with van der Waals surface area (Å²) in [5.41, 5.74) is 9.41.